The summed E-state index contributed by atoms with van der Waals surface area (Å²) in [6.45, 7) is 8.47. The summed E-state index contributed by atoms with van der Waals surface area (Å²) in [5.41, 5.74) is 1.71. The summed E-state index contributed by atoms with van der Waals surface area (Å²) in [6, 6.07) is 11.8. The van der Waals surface area contributed by atoms with Gasteiger partial charge in [0.2, 0.25) is 0 Å². The van der Waals surface area contributed by atoms with Crippen LogP contribution in [0.2, 0.25) is 10.0 Å². The highest BCUT2D eigenvalue weighted by Crippen LogP contribution is 2.40. The molecule has 0 fully saturated rings. The van der Waals surface area contributed by atoms with E-state index in [1.807, 2.05) is 36.0 Å². The Morgan fingerprint density at radius 2 is 1.70 bits per heavy atom. The van der Waals surface area contributed by atoms with Gasteiger partial charge in [-0.15, -0.1) is 11.6 Å². The van der Waals surface area contributed by atoms with Crippen LogP contribution in [0, 0.1) is 0 Å². The van der Waals surface area contributed by atoms with E-state index in [4.69, 9.17) is 49.0 Å². The molecule has 0 aromatic heterocycles. The second-order valence-electron chi connectivity index (χ2n) is 8.01. The topological polar surface area (TPSA) is 44.8 Å². The van der Waals surface area contributed by atoms with Crippen LogP contribution in [-0.2, 0) is 14.9 Å². The highest BCUT2D eigenvalue weighted by molar-refractivity contribution is 7.99. The van der Waals surface area contributed by atoms with Crippen LogP contribution < -0.4 is 9.47 Å². The van der Waals surface area contributed by atoms with Crippen molar-refractivity contribution in [1.29, 1.82) is 0 Å². The van der Waals surface area contributed by atoms with Crippen LogP contribution in [0.5, 0.6) is 11.5 Å². The molecule has 0 radical (unpaired) electrons. The molecule has 0 aliphatic rings. The number of hydrogen-bond donors (Lipinski definition) is 0. The fourth-order valence-electron chi connectivity index (χ4n) is 3.21. The molecule has 33 heavy (non-hydrogen) atoms. The average Bonchev–Trinajstić information content (AvgIpc) is 2.77. The second kappa shape index (κ2) is 13.6. The predicted molar refractivity (Wildman–Crippen MR) is 140 cm³/mol. The van der Waals surface area contributed by atoms with Crippen LogP contribution in [0.4, 0.5) is 0 Å². The Morgan fingerprint density at radius 3 is 2.24 bits per heavy atom. The van der Waals surface area contributed by atoms with Crippen LogP contribution in [0.3, 0.4) is 0 Å². The third-order valence-electron chi connectivity index (χ3n) is 5.12. The summed E-state index contributed by atoms with van der Waals surface area (Å²) in [6.07, 6.45) is 0.447. The molecule has 8 heteroatoms. The van der Waals surface area contributed by atoms with Crippen molar-refractivity contribution < 1.29 is 19.0 Å². The van der Waals surface area contributed by atoms with Gasteiger partial charge < -0.3 is 14.2 Å². The number of carbonyl (C=O) groups is 1. The Bertz CT molecular complexity index is 880. The lowest BCUT2D eigenvalue weighted by molar-refractivity contribution is -0.146. The fourth-order valence-corrected chi connectivity index (χ4v) is 4.57. The Balaban J connectivity index is 2.10. The number of alkyl halides is 1. The van der Waals surface area contributed by atoms with Crippen molar-refractivity contribution in [2.45, 2.75) is 45.6 Å². The molecule has 2 rings (SSSR count). The third-order valence-corrected chi connectivity index (χ3v) is 7.01. The molecule has 0 amide bonds. The second-order valence-corrected chi connectivity index (χ2v) is 10.5. The van der Waals surface area contributed by atoms with Gasteiger partial charge in [0.1, 0.15) is 18.5 Å². The molecule has 0 N–H and O–H groups in total. The van der Waals surface area contributed by atoms with Crippen molar-refractivity contribution >= 4 is 52.5 Å². The standard InChI is InChI=1S/C25H31Cl3O4S/c1-5-33-12-6-11-30-20-9-7-18(8-10-20)25(3,4)19-13-22(27)24(23(28)14-19)31-16-21(15-26)32-17(2)29/h7-10,13-14,21H,5-6,11-12,15-16H2,1-4H3/t21-/m0/s1. The normalized spacial score (nSPS) is 12.3. The van der Waals surface area contributed by atoms with Crippen molar-refractivity contribution in [2.75, 3.05) is 30.6 Å². The van der Waals surface area contributed by atoms with Crippen LogP contribution in [0.15, 0.2) is 36.4 Å². The summed E-state index contributed by atoms with van der Waals surface area (Å²) < 4.78 is 16.7. The fraction of sp³-hybridized carbons (Fsp3) is 0.480. The monoisotopic (exact) mass is 532 g/mol. The number of ether oxygens (including phenoxy) is 3. The quantitative estimate of drug-likeness (QED) is 0.153. The van der Waals surface area contributed by atoms with Gasteiger partial charge >= 0.3 is 5.97 Å². The third kappa shape index (κ3) is 8.47. The van der Waals surface area contributed by atoms with E-state index in [0.29, 0.717) is 22.4 Å². The smallest absolute Gasteiger partial charge is 0.303 e. The summed E-state index contributed by atoms with van der Waals surface area (Å²) in [4.78, 5) is 11.2. The first kappa shape index (κ1) is 28.0. The van der Waals surface area contributed by atoms with E-state index >= 15 is 0 Å². The number of hydrogen-bond acceptors (Lipinski definition) is 5. The molecule has 0 aliphatic heterocycles. The van der Waals surface area contributed by atoms with E-state index in [1.54, 1.807) is 0 Å². The molecule has 0 saturated heterocycles. The van der Waals surface area contributed by atoms with E-state index in [9.17, 15) is 4.79 Å². The molecule has 2 aromatic carbocycles. The van der Waals surface area contributed by atoms with E-state index in [1.165, 1.54) is 6.92 Å². The Hall–Kier alpha value is -1.27. The molecule has 0 saturated carbocycles. The van der Waals surface area contributed by atoms with Crippen molar-refractivity contribution in [2.24, 2.45) is 0 Å². The first-order valence-corrected chi connectivity index (χ1v) is 13.3. The SMILES string of the molecule is CCSCCCOc1ccc(C(C)(C)c2cc(Cl)c(OC[C@H](CCl)OC(C)=O)c(Cl)c2)cc1. The van der Waals surface area contributed by atoms with Crippen molar-refractivity contribution in [3.8, 4) is 11.5 Å². The summed E-state index contributed by atoms with van der Waals surface area (Å²) >= 11 is 20.8. The first-order valence-electron chi connectivity index (χ1n) is 10.9. The lowest BCUT2D eigenvalue weighted by Gasteiger charge is -2.27. The highest BCUT2D eigenvalue weighted by Gasteiger charge is 2.26. The molecule has 182 valence electrons. The van der Waals surface area contributed by atoms with Gasteiger partial charge in [-0.25, -0.2) is 0 Å². The molecule has 4 nitrogen and oxygen atoms in total. The Kier molecular flexibility index (Phi) is 11.5. The number of carbonyl (C=O) groups excluding carboxylic acids is 1. The number of rotatable bonds is 13. The van der Waals surface area contributed by atoms with Gasteiger partial charge in [0.25, 0.3) is 0 Å². The van der Waals surface area contributed by atoms with Crippen LogP contribution in [0.25, 0.3) is 0 Å². The molecule has 2 aromatic rings. The minimum atomic E-state index is -0.585. The molecule has 0 spiro atoms. The minimum absolute atomic E-state index is 0.0594. The summed E-state index contributed by atoms with van der Waals surface area (Å²) in [7, 11) is 0. The number of thioether (sulfide) groups is 1. The van der Waals surface area contributed by atoms with Crippen molar-refractivity contribution in [3.63, 3.8) is 0 Å². The van der Waals surface area contributed by atoms with Gasteiger partial charge in [-0.1, -0.05) is 56.1 Å². The Morgan fingerprint density at radius 1 is 1.06 bits per heavy atom. The number of benzene rings is 2. The van der Waals surface area contributed by atoms with E-state index < -0.39 is 12.1 Å². The van der Waals surface area contributed by atoms with Gasteiger partial charge in [-0.05, 0) is 53.3 Å². The van der Waals surface area contributed by atoms with Crippen LogP contribution >= 0.6 is 46.6 Å². The maximum atomic E-state index is 11.2. The number of halogens is 3. The molecule has 0 aliphatic carbocycles. The van der Waals surface area contributed by atoms with E-state index in [0.717, 1.165) is 34.8 Å². The molecular formula is C25H31Cl3O4S. The molecular weight excluding hydrogens is 503 g/mol. The van der Waals surface area contributed by atoms with Crippen LogP contribution in [0.1, 0.15) is 45.2 Å². The van der Waals surface area contributed by atoms with Crippen molar-refractivity contribution in [3.05, 3.63) is 57.6 Å². The zero-order valence-electron chi connectivity index (χ0n) is 19.5. The molecule has 0 bridgehead atoms. The maximum Gasteiger partial charge on any atom is 0.303 e. The lowest BCUT2D eigenvalue weighted by Crippen LogP contribution is -2.26. The van der Waals surface area contributed by atoms with Crippen LogP contribution in [-0.4, -0.2) is 42.7 Å². The van der Waals surface area contributed by atoms with Crippen molar-refractivity contribution in [1.82, 2.24) is 0 Å². The molecule has 1 atom stereocenters. The molecule has 0 unspecified atom stereocenters. The van der Waals surface area contributed by atoms with Gasteiger partial charge in [0, 0.05) is 12.3 Å². The number of esters is 1. The van der Waals surface area contributed by atoms with Gasteiger partial charge in [-0.3, -0.25) is 4.79 Å². The zero-order valence-corrected chi connectivity index (χ0v) is 22.5. The molecule has 0 heterocycles. The van der Waals surface area contributed by atoms with Gasteiger partial charge in [-0.2, -0.15) is 11.8 Å². The van der Waals surface area contributed by atoms with Gasteiger partial charge in [0.15, 0.2) is 5.75 Å². The highest BCUT2D eigenvalue weighted by atomic mass is 35.5. The van der Waals surface area contributed by atoms with Gasteiger partial charge in [0.05, 0.1) is 22.5 Å². The summed E-state index contributed by atoms with van der Waals surface area (Å²) in [5.74, 6) is 3.12. The predicted octanol–water partition coefficient (Wildman–Crippen LogP) is 7.39. The lowest BCUT2D eigenvalue weighted by atomic mass is 9.78. The maximum absolute atomic E-state index is 11.2. The largest absolute Gasteiger partial charge is 0.494 e. The zero-order chi connectivity index (χ0) is 24.4. The first-order chi connectivity index (χ1) is 15.7. The summed E-state index contributed by atoms with van der Waals surface area (Å²) in [5, 5.41) is 0.762. The minimum Gasteiger partial charge on any atom is -0.494 e. The average molecular weight is 534 g/mol. The van der Waals surface area contributed by atoms with E-state index in [-0.39, 0.29) is 17.9 Å². The Labute approximate surface area is 216 Å². The van der Waals surface area contributed by atoms with E-state index in [2.05, 4.69) is 32.9 Å².